The van der Waals surface area contributed by atoms with E-state index in [1.54, 1.807) is 0 Å². The second-order valence-electron chi connectivity index (χ2n) is 13.0. The molecule has 0 aliphatic rings. The molecule has 250 valence electrons. The van der Waals surface area contributed by atoms with Gasteiger partial charge in [-0.2, -0.15) is 0 Å². The van der Waals surface area contributed by atoms with Gasteiger partial charge in [-0.25, -0.2) is 0 Å². The minimum Gasteiger partial charge on any atom is -0.491 e. The first-order valence-electron chi connectivity index (χ1n) is 17.2. The average molecular weight is 659 g/mol. The van der Waals surface area contributed by atoms with Crippen LogP contribution in [0.3, 0.4) is 0 Å². The van der Waals surface area contributed by atoms with Crippen LogP contribution in [0.1, 0.15) is 34.7 Å². The van der Waals surface area contributed by atoms with Crippen LogP contribution in [0.25, 0.3) is 43.8 Å². The topological polar surface area (TPSA) is 58.9 Å². The molecule has 0 bridgehead atoms. The van der Waals surface area contributed by atoms with Crippen LogP contribution in [-0.2, 0) is 5.41 Å². The van der Waals surface area contributed by atoms with Crippen LogP contribution in [0.5, 0.6) is 11.5 Å². The second kappa shape index (κ2) is 14.2. The molecule has 0 heterocycles. The van der Waals surface area contributed by atoms with E-state index in [0.29, 0.717) is 0 Å². The fourth-order valence-electron chi connectivity index (χ4n) is 7.38. The van der Waals surface area contributed by atoms with Gasteiger partial charge >= 0.3 is 0 Å². The summed E-state index contributed by atoms with van der Waals surface area (Å²) in [7, 11) is 0. The van der Waals surface area contributed by atoms with Crippen LogP contribution in [0.15, 0.2) is 140 Å². The summed E-state index contributed by atoms with van der Waals surface area (Å²) in [5, 5.41) is 24.2. The van der Waals surface area contributed by atoms with E-state index in [1.165, 1.54) is 32.7 Å². The molecular formula is C46H42O4. The molecule has 0 saturated carbocycles. The van der Waals surface area contributed by atoms with Crippen LogP contribution >= 0.6 is 0 Å². The smallest absolute Gasteiger partial charge is 0.127 e. The van der Waals surface area contributed by atoms with Gasteiger partial charge in [0.1, 0.15) is 24.7 Å². The fourth-order valence-corrected chi connectivity index (χ4v) is 7.38. The van der Waals surface area contributed by atoms with Crippen LogP contribution in [-0.4, -0.2) is 36.6 Å². The molecule has 0 atom stereocenters. The molecule has 50 heavy (non-hydrogen) atoms. The van der Waals surface area contributed by atoms with Crippen LogP contribution in [0.2, 0.25) is 0 Å². The summed E-state index contributed by atoms with van der Waals surface area (Å²) in [6.07, 6.45) is 0. The van der Waals surface area contributed by atoms with Crippen molar-refractivity contribution in [2.24, 2.45) is 0 Å². The van der Waals surface area contributed by atoms with Crippen LogP contribution in [0.4, 0.5) is 0 Å². The number of aliphatic hydroxyl groups is 2. The van der Waals surface area contributed by atoms with Gasteiger partial charge in [-0.1, -0.05) is 115 Å². The summed E-state index contributed by atoms with van der Waals surface area (Å²) in [4.78, 5) is 0. The third kappa shape index (κ3) is 6.02. The van der Waals surface area contributed by atoms with Crippen molar-refractivity contribution in [2.45, 2.75) is 26.2 Å². The maximum Gasteiger partial charge on any atom is 0.127 e. The van der Waals surface area contributed by atoms with Crippen LogP contribution in [0, 0.1) is 13.8 Å². The van der Waals surface area contributed by atoms with E-state index in [2.05, 4.69) is 148 Å². The van der Waals surface area contributed by atoms with E-state index in [1.807, 2.05) is 12.1 Å². The molecule has 0 spiro atoms. The van der Waals surface area contributed by atoms with Crippen molar-refractivity contribution in [1.82, 2.24) is 0 Å². The number of benzene rings is 7. The van der Waals surface area contributed by atoms with Crippen molar-refractivity contribution < 1.29 is 19.7 Å². The van der Waals surface area contributed by atoms with Gasteiger partial charge in [0.15, 0.2) is 0 Å². The molecule has 0 radical (unpaired) electrons. The highest BCUT2D eigenvalue weighted by molar-refractivity contribution is 5.94. The molecule has 0 aliphatic heterocycles. The van der Waals surface area contributed by atoms with E-state index in [-0.39, 0.29) is 26.4 Å². The third-order valence-corrected chi connectivity index (χ3v) is 10.1. The lowest BCUT2D eigenvalue weighted by molar-refractivity contribution is 0.202. The lowest BCUT2D eigenvalue weighted by Crippen LogP contribution is -2.25. The second-order valence-corrected chi connectivity index (χ2v) is 13.0. The Bertz CT molecular complexity index is 2150. The van der Waals surface area contributed by atoms with Gasteiger partial charge in [-0.3, -0.25) is 0 Å². The normalized spacial score (nSPS) is 11.6. The predicted octanol–water partition coefficient (Wildman–Crippen LogP) is 10.0. The summed E-state index contributed by atoms with van der Waals surface area (Å²) in [6, 6.07) is 49.1. The van der Waals surface area contributed by atoms with Gasteiger partial charge in [-0.05, 0) is 106 Å². The van der Waals surface area contributed by atoms with Gasteiger partial charge in [-0.15, -0.1) is 0 Å². The summed E-state index contributed by atoms with van der Waals surface area (Å²) in [6.45, 7) is 6.89. The number of rotatable bonds is 11. The Labute approximate surface area is 294 Å². The SMILES string of the molecule is Cc1c(-c2cc(C(C)(c3ccccc3)c3ccc(OCCO)c(-c4ccc5ccccc5c4C)c3)ccc2OCCO)ccc2ccccc12. The molecule has 7 aromatic rings. The summed E-state index contributed by atoms with van der Waals surface area (Å²) in [5.74, 6) is 1.47. The molecule has 0 aliphatic carbocycles. The predicted molar refractivity (Wildman–Crippen MR) is 205 cm³/mol. The molecule has 0 fully saturated rings. The summed E-state index contributed by atoms with van der Waals surface area (Å²) >= 11 is 0. The van der Waals surface area contributed by atoms with Gasteiger partial charge < -0.3 is 19.7 Å². The number of fused-ring (bicyclic) bond motifs is 2. The monoisotopic (exact) mass is 658 g/mol. The zero-order valence-electron chi connectivity index (χ0n) is 28.8. The largest absolute Gasteiger partial charge is 0.491 e. The summed E-state index contributed by atoms with van der Waals surface area (Å²) in [5.41, 5.74) is 9.28. The lowest BCUT2D eigenvalue weighted by atomic mass is 9.70. The Balaban J connectivity index is 1.46. The van der Waals surface area contributed by atoms with Crippen LogP contribution < -0.4 is 9.47 Å². The van der Waals surface area contributed by atoms with Gasteiger partial charge in [0, 0.05) is 16.5 Å². The van der Waals surface area contributed by atoms with Gasteiger partial charge in [0.2, 0.25) is 0 Å². The Morgan fingerprint density at radius 1 is 0.460 bits per heavy atom. The Morgan fingerprint density at radius 2 is 0.900 bits per heavy atom. The standard InChI is InChI=1S/C46H42O4/c1-31-38-15-9-7-11-33(38)17-21-40(31)42-29-36(19-23-44(42)49-27-25-47)46(3,35-13-5-4-6-14-35)37-20-24-45(50-28-26-48)43(30-37)41-22-18-34-12-8-10-16-39(34)32(41)2/h4-24,29-30,47-48H,25-28H2,1-3H3. The van der Waals surface area contributed by atoms with E-state index in [4.69, 9.17) is 9.47 Å². The number of hydrogen-bond donors (Lipinski definition) is 2. The van der Waals surface area contributed by atoms with E-state index >= 15 is 0 Å². The van der Waals surface area contributed by atoms with E-state index < -0.39 is 5.41 Å². The number of hydrogen-bond acceptors (Lipinski definition) is 4. The average Bonchev–Trinajstić information content (AvgIpc) is 3.17. The highest BCUT2D eigenvalue weighted by Crippen LogP contribution is 2.46. The molecular weight excluding hydrogens is 617 g/mol. The van der Waals surface area contributed by atoms with Crippen molar-refractivity contribution >= 4 is 21.5 Å². The number of aryl methyl sites for hydroxylation is 2. The zero-order chi connectivity index (χ0) is 34.7. The first-order chi connectivity index (χ1) is 24.4. The molecule has 0 saturated heterocycles. The molecule has 0 aromatic heterocycles. The number of aliphatic hydroxyl groups excluding tert-OH is 2. The highest BCUT2D eigenvalue weighted by Gasteiger charge is 2.33. The van der Waals surface area contributed by atoms with Gasteiger partial charge in [0.05, 0.1) is 13.2 Å². The van der Waals surface area contributed by atoms with Gasteiger partial charge in [0.25, 0.3) is 0 Å². The third-order valence-electron chi connectivity index (χ3n) is 10.1. The maximum atomic E-state index is 9.69. The quantitative estimate of drug-likeness (QED) is 0.136. The fraction of sp³-hybridized carbons (Fsp3) is 0.174. The Kier molecular flexibility index (Phi) is 9.40. The van der Waals surface area contributed by atoms with Crippen molar-refractivity contribution in [2.75, 3.05) is 26.4 Å². The molecule has 2 N–H and O–H groups in total. The first kappa shape index (κ1) is 33.1. The van der Waals surface area contributed by atoms with Crippen molar-refractivity contribution in [3.8, 4) is 33.8 Å². The van der Waals surface area contributed by atoms with Crippen molar-refractivity contribution in [1.29, 1.82) is 0 Å². The zero-order valence-corrected chi connectivity index (χ0v) is 28.8. The minimum absolute atomic E-state index is 0.0682. The minimum atomic E-state index is -0.578. The number of ether oxygens (including phenoxy) is 2. The van der Waals surface area contributed by atoms with E-state index in [9.17, 15) is 10.2 Å². The van der Waals surface area contributed by atoms with E-state index in [0.717, 1.165) is 50.4 Å². The van der Waals surface area contributed by atoms with Crippen molar-refractivity contribution in [3.05, 3.63) is 167 Å². The highest BCUT2D eigenvalue weighted by atomic mass is 16.5. The maximum absolute atomic E-state index is 9.69. The van der Waals surface area contributed by atoms with Crippen molar-refractivity contribution in [3.63, 3.8) is 0 Å². The molecule has 7 aromatic carbocycles. The molecule has 0 amide bonds. The molecule has 4 nitrogen and oxygen atoms in total. The lowest BCUT2D eigenvalue weighted by Gasteiger charge is -2.33. The Morgan fingerprint density at radius 3 is 1.36 bits per heavy atom. The summed E-state index contributed by atoms with van der Waals surface area (Å²) < 4.78 is 12.4. The molecule has 0 unspecified atom stereocenters. The first-order valence-corrected chi connectivity index (χ1v) is 17.2. The Hall–Kier alpha value is -5.42. The molecule has 4 heteroatoms. The molecule has 7 rings (SSSR count).